The highest BCUT2D eigenvalue weighted by Crippen LogP contribution is 2.25. The molecule has 0 atom stereocenters. The molecule has 0 aliphatic carbocycles. The summed E-state index contributed by atoms with van der Waals surface area (Å²) in [4.78, 5) is 21.0. The van der Waals surface area contributed by atoms with Crippen LogP contribution in [0.3, 0.4) is 0 Å². The van der Waals surface area contributed by atoms with Gasteiger partial charge in [0.25, 0.3) is 0 Å². The van der Waals surface area contributed by atoms with E-state index in [-0.39, 0.29) is 18.1 Å². The second kappa shape index (κ2) is 8.62. The summed E-state index contributed by atoms with van der Waals surface area (Å²) in [7, 11) is 0. The zero-order valence-corrected chi connectivity index (χ0v) is 16.0. The SMILES string of the molecule is O=C(Cc1csc(-c2cccc(F)c2)n1)Nc1ccnc(Oc2ccccc2)c1. The number of carbonyl (C=O) groups is 1. The fraction of sp³-hybridized carbons (Fsp3) is 0.0455. The van der Waals surface area contributed by atoms with Gasteiger partial charge in [0.1, 0.15) is 16.6 Å². The Bertz CT molecular complexity index is 1130. The van der Waals surface area contributed by atoms with Crippen molar-refractivity contribution in [1.82, 2.24) is 9.97 Å². The minimum Gasteiger partial charge on any atom is -0.439 e. The highest BCUT2D eigenvalue weighted by atomic mass is 32.1. The van der Waals surface area contributed by atoms with Crippen molar-refractivity contribution in [1.29, 1.82) is 0 Å². The van der Waals surface area contributed by atoms with E-state index >= 15 is 0 Å². The number of para-hydroxylation sites is 1. The maximum Gasteiger partial charge on any atom is 0.230 e. The number of anilines is 1. The lowest BCUT2D eigenvalue weighted by atomic mass is 10.2. The van der Waals surface area contributed by atoms with E-state index in [0.29, 0.717) is 33.6 Å². The number of hydrogen-bond donors (Lipinski definition) is 1. The van der Waals surface area contributed by atoms with Gasteiger partial charge in [-0.05, 0) is 30.3 Å². The number of halogens is 1. The van der Waals surface area contributed by atoms with Crippen molar-refractivity contribution in [3.63, 3.8) is 0 Å². The number of nitrogens with zero attached hydrogens (tertiary/aromatic N) is 2. The summed E-state index contributed by atoms with van der Waals surface area (Å²) in [6, 6.07) is 18.9. The van der Waals surface area contributed by atoms with Crippen LogP contribution in [0.4, 0.5) is 10.1 Å². The Kier molecular flexibility index (Phi) is 5.58. The molecule has 2 heterocycles. The van der Waals surface area contributed by atoms with E-state index < -0.39 is 0 Å². The Labute approximate surface area is 170 Å². The first-order chi connectivity index (χ1) is 14.2. The Morgan fingerprint density at radius 3 is 2.76 bits per heavy atom. The van der Waals surface area contributed by atoms with Crippen molar-refractivity contribution in [2.45, 2.75) is 6.42 Å². The maximum absolute atomic E-state index is 13.4. The topological polar surface area (TPSA) is 64.1 Å². The molecule has 0 bridgehead atoms. The third-order valence-electron chi connectivity index (χ3n) is 3.95. The summed E-state index contributed by atoms with van der Waals surface area (Å²) in [5.41, 5.74) is 1.90. The van der Waals surface area contributed by atoms with E-state index in [0.717, 1.165) is 0 Å². The van der Waals surface area contributed by atoms with Crippen LogP contribution in [-0.4, -0.2) is 15.9 Å². The number of hydrogen-bond acceptors (Lipinski definition) is 5. The molecule has 29 heavy (non-hydrogen) atoms. The Morgan fingerprint density at radius 2 is 1.93 bits per heavy atom. The first-order valence-electron chi connectivity index (χ1n) is 8.85. The Morgan fingerprint density at radius 1 is 1.07 bits per heavy atom. The minimum absolute atomic E-state index is 0.114. The molecule has 2 aromatic carbocycles. The molecule has 4 rings (SSSR count). The number of amides is 1. The van der Waals surface area contributed by atoms with Crippen molar-refractivity contribution in [2.24, 2.45) is 0 Å². The molecular weight excluding hydrogens is 389 g/mol. The van der Waals surface area contributed by atoms with Crippen LogP contribution in [0.25, 0.3) is 10.6 Å². The molecular formula is C22H16FN3O2S. The van der Waals surface area contributed by atoms with Gasteiger partial charge in [-0.15, -0.1) is 11.3 Å². The first kappa shape index (κ1) is 18.8. The Hall–Kier alpha value is -3.58. The van der Waals surface area contributed by atoms with Crippen LogP contribution in [0.5, 0.6) is 11.6 Å². The van der Waals surface area contributed by atoms with Crippen LogP contribution in [0.2, 0.25) is 0 Å². The van der Waals surface area contributed by atoms with Gasteiger partial charge < -0.3 is 10.1 Å². The highest BCUT2D eigenvalue weighted by molar-refractivity contribution is 7.13. The summed E-state index contributed by atoms with van der Waals surface area (Å²) in [6.07, 6.45) is 1.68. The summed E-state index contributed by atoms with van der Waals surface area (Å²) in [6.45, 7) is 0. The molecule has 2 aromatic heterocycles. The minimum atomic E-state index is -0.316. The molecule has 0 unspecified atom stereocenters. The van der Waals surface area contributed by atoms with E-state index in [9.17, 15) is 9.18 Å². The van der Waals surface area contributed by atoms with Gasteiger partial charge >= 0.3 is 0 Å². The first-order valence-corrected chi connectivity index (χ1v) is 9.73. The maximum atomic E-state index is 13.4. The van der Waals surface area contributed by atoms with Crippen molar-refractivity contribution in [3.8, 4) is 22.2 Å². The molecule has 0 saturated carbocycles. The van der Waals surface area contributed by atoms with Gasteiger partial charge in [-0.25, -0.2) is 14.4 Å². The van der Waals surface area contributed by atoms with E-state index in [2.05, 4.69) is 15.3 Å². The largest absolute Gasteiger partial charge is 0.439 e. The monoisotopic (exact) mass is 405 g/mol. The van der Waals surface area contributed by atoms with Crippen LogP contribution >= 0.6 is 11.3 Å². The highest BCUT2D eigenvalue weighted by Gasteiger charge is 2.11. The number of aromatic nitrogens is 2. The third kappa shape index (κ3) is 5.03. The molecule has 5 nitrogen and oxygen atoms in total. The van der Waals surface area contributed by atoms with Gasteiger partial charge in [-0.3, -0.25) is 4.79 Å². The number of ether oxygens (including phenoxy) is 1. The predicted molar refractivity (Wildman–Crippen MR) is 111 cm³/mol. The van der Waals surface area contributed by atoms with Crippen molar-refractivity contribution < 1.29 is 13.9 Å². The van der Waals surface area contributed by atoms with Crippen LogP contribution in [-0.2, 0) is 11.2 Å². The number of pyridine rings is 1. The molecule has 144 valence electrons. The molecule has 0 radical (unpaired) electrons. The smallest absolute Gasteiger partial charge is 0.230 e. The molecule has 7 heteroatoms. The van der Waals surface area contributed by atoms with Crippen LogP contribution in [0, 0.1) is 5.82 Å². The molecule has 0 aliphatic heterocycles. The number of rotatable bonds is 6. The van der Waals surface area contributed by atoms with Crippen molar-refractivity contribution in [2.75, 3.05) is 5.32 Å². The summed E-state index contributed by atoms with van der Waals surface area (Å²) >= 11 is 1.38. The predicted octanol–water partition coefficient (Wildman–Crippen LogP) is 5.32. The van der Waals surface area contributed by atoms with Crippen molar-refractivity contribution >= 4 is 22.9 Å². The lowest BCUT2D eigenvalue weighted by Crippen LogP contribution is -2.14. The van der Waals surface area contributed by atoms with E-state index in [4.69, 9.17) is 4.74 Å². The Balaban J connectivity index is 1.39. The van der Waals surface area contributed by atoms with E-state index in [1.807, 2.05) is 30.3 Å². The lowest BCUT2D eigenvalue weighted by molar-refractivity contribution is -0.115. The number of benzene rings is 2. The zero-order chi connectivity index (χ0) is 20.1. The average Bonchev–Trinajstić information content (AvgIpc) is 3.17. The molecule has 0 saturated heterocycles. The van der Waals surface area contributed by atoms with Crippen molar-refractivity contribution in [3.05, 3.63) is 89.8 Å². The van der Waals surface area contributed by atoms with E-state index in [1.54, 1.807) is 35.8 Å². The van der Waals surface area contributed by atoms with Gasteiger partial charge in [0.05, 0.1) is 12.1 Å². The fourth-order valence-electron chi connectivity index (χ4n) is 2.66. The lowest BCUT2D eigenvalue weighted by Gasteiger charge is -2.07. The molecule has 1 N–H and O–H groups in total. The quantitative estimate of drug-likeness (QED) is 0.472. The van der Waals surface area contributed by atoms with Gasteiger partial charge in [-0.1, -0.05) is 30.3 Å². The molecule has 0 spiro atoms. The van der Waals surface area contributed by atoms with Crippen LogP contribution in [0.1, 0.15) is 5.69 Å². The van der Waals surface area contributed by atoms with Gasteiger partial charge in [0.2, 0.25) is 11.8 Å². The molecule has 0 aliphatic rings. The number of thiazole rings is 1. The van der Waals surface area contributed by atoms with Gasteiger partial charge in [-0.2, -0.15) is 0 Å². The second-order valence-electron chi connectivity index (χ2n) is 6.18. The van der Waals surface area contributed by atoms with Crippen LogP contribution in [0.15, 0.2) is 78.3 Å². The number of nitrogens with one attached hydrogen (secondary N) is 1. The van der Waals surface area contributed by atoms with Gasteiger partial charge in [0, 0.05) is 28.9 Å². The molecule has 4 aromatic rings. The number of carbonyl (C=O) groups excluding carboxylic acids is 1. The normalized spacial score (nSPS) is 10.5. The van der Waals surface area contributed by atoms with Crippen LogP contribution < -0.4 is 10.1 Å². The standard InChI is InChI=1S/C22H16FN3O2S/c23-16-6-4-5-15(11-16)22-26-18(14-29-22)12-20(27)25-17-9-10-24-21(13-17)28-19-7-2-1-3-8-19/h1-11,13-14H,12H2,(H,24,25,27). The second-order valence-corrected chi connectivity index (χ2v) is 7.04. The molecule has 1 amide bonds. The summed E-state index contributed by atoms with van der Waals surface area (Å²) < 4.78 is 19.1. The van der Waals surface area contributed by atoms with Gasteiger partial charge in [0.15, 0.2) is 0 Å². The summed E-state index contributed by atoms with van der Waals surface area (Å²) in [5.74, 6) is 0.521. The third-order valence-corrected chi connectivity index (χ3v) is 4.89. The average molecular weight is 405 g/mol. The van der Waals surface area contributed by atoms with E-state index in [1.165, 1.54) is 23.5 Å². The zero-order valence-electron chi connectivity index (χ0n) is 15.2. The fourth-order valence-corrected chi connectivity index (χ4v) is 3.48. The molecule has 0 fully saturated rings. The summed E-state index contributed by atoms with van der Waals surface area (Å²) in [5, 5.41) is 5.30.